The fraction of sp³-hybridized carbons (Fsp3) is 0.958. The van der Waals surface area contributed by atoms with E-state index in [4.69, 9.17) is 5.11 Å². The third kappa shape index (κ3) is 2.98. The molecule has 4 aliphatic carbocycles. The van der Waals surface area contributed by atoms with Crippen molar-refractivity contribution in [2.45, 2.75) is 97.5 Å². The highest BCUT2D eigenvalue weighted by Gasteiger charge is 2.63. The highest BCUT2D eigenvalue weighted by atomic mass is 16.4. The van der Waals surface area contributed by atoms with Crippen LogP contribution in [0.25, 0.3) is 0 Å². The number of fused-ring (bicyclic) bond motifs is 5. The molecule has 0 radical (unpaired) electrons. The molecular formula is C24H40O3. The second-order valence-corrected chi connectivity index (χ2v) is 11.1. The van der Waals surface area contributed by atoms with E-state index in [-0.39, 0.29) is 17.9 Å². The van der Waals surface area contributed by atoms with Gasteiger partial charge in [-0.25, -0.2) is 0 Å². The largest absolute Gasteiger partial charge is 0.481 e. The number of hydrogen-bond acceptors (Lipinski definition) is 2. The fourth-order valence-electron chi connectivity index (χ4n) is 8.77. The maximum absolute atomic E-state index is 11.5. The predicted molar refractivity (Wildman–Crippen MR) is 107 cm³/mol. The molecule has 0 heterocycles. The maximum atomic E-state index is 11.5. The average Bonchev–Trinajstić information content (AvgIpc) is 2.99. The van der Waals surface area contributed by atoms with Crippen LogP contribution in [0.5, 0.6) is 0 Å². The number of hydrogen-bond donors (Lipinski definition) is 2. The van der Waals surface area contributed by atoms with Gasteiger partial charge >= 0.3 is 5.97 Å². The van der Waals surface area contributed by atoms with E-state index in [1.807, 2.05) is 0 Å². The summed E-state index contributed by atoms with van der Waals surface area (Å²) in [6, 6.07) is 0. The Morgan fingerprint density at radius 2 is 1.85 bits per heavy atom. The second kappa shape index (κ2) is 7.04. The van der Waals surface area contributed by atoms with E-state index in [1.54, 1.807) is 0 Å². The van der Waals surface area contributed by atoms with Gasteiger partial charge in [0.1, 0.15) is 0 Å². The van der Waals surface area contributed by atoms with Crippen LogP contribution in [0, 0.1) is 46.3 Å². The molecule has 0 aromatic rings. The molecular weight excluding hydrogens is 336 g/mol. The minimum atomic E-state index is -0.686. The van der Waals surface area contributed by atoms with Crippen molar-refractivity contribution in [3.8, 4) is 0 Å². The van der Waals surface area contributed by atoms with Crippen LogP contribution >= 0.6 is 0 Å². The van der Waals surface area contributed by atoms with E-state index in [0.29, 0.717) is 29.1 Å². The molecule has 0 aromatic heterocycles. The molecule has 9 atom stereocenters. The molecule has 4 aliphatic rings. The summed E-state index contributed by atoms with van der Waals surface area (Å²) in [6.07, 6.45) is 12.6. The van der Waals surface area contributed by atoms with Crippen LogP contribution in [0.1, 0.15) is 91.4 Å². The van der Waals surface area contributed by atoms with E-state index >= 15 is 0 Å². The van der Waals surface area contributed by atoms with Crippen LogP contribution < -0.4 is 0 Å². The molecule has 3 nitrogen and oxygen atoms in total. The van der Waals surface area contributed by atoms with E-state index in [1.165, 1.54) is 51.4 Å². The predicted octanol–water partition coefficient (Wildman–Crippen LogP) is 5.51. The number of aliphatic hydroxyl groups is 1. The zero-order chi connectivity index (χ0) is 19.4. The lowest BCUT2D eigenvalue weighted by molar-refractivity contribution is -0.168. The van der Waals surface area contributed by atoms with Crippen molar-refractivity contribution < 1.29 is 15.0 Å². The Morgan fingerprint density at radius 1 is 1.07 bits per heavy atom. The molecule has 0 bridgehead atoms. The van der Waals surface area contributed by atoms with E-state index in [0.717, 1.165) is 24.7 Å². The van der Waals surface area contributed by atoms with Gasteiger partial charge in [0.15, 0.2) is 0 Å². The summed E-state index contributed by atoms with van der Waals surface area (Å²) >= 11 is 0. The van der Waals surface area contributed by atoms with Crippen LogP contribution in [0.2, 0.25) is 0 Å². The summed E-state index contributed by atoms with van der Waals surface area (Å²) in [7, 11) is 0. The van der Waals surface area contributed by atoms with Gasteiger partial charge in [-0.2, -0.15) is 0 Å². The Bertz CT molecular complexity index is 574. The maximum Gasteiger partial charge on any atom is 0.303 e. The summed E-state index contributed by atoms with van der Waals surface area (Å²) < 4.78 is 0. The Hall–Kier alpha value is -0.570. The van der Waals surface area contributed by atoms with Gasteiger partial charge < -0.3 is 10.2 Å². The summed E-state index contributed by atoms with van der Waals surface area (Å²) in [5.74, 6) is 3.21. The highest BCUT2D eigenvalue weighted by Crippen LogP contribution is 2.68. The van der Waals surface area contributed by atoms with E-state index < -0.39 is 5.97 Å². The van der Waals surface area contributed by atoms with Crippen molar-refractivity contribution in [3.63, 3.8) is 0 Å². The van der Waals surface area contributed by atoms with Crippen molar-refractivity contribution >= 4 is 5.97 Å². The molecule has 4 rings (SSSR count). The van der Waals surface area contributed by atoms with Gasteiger partial charge in [-0.3, -0.25) is 4.79 Å². The molecule has 4 fully saturated rings. The van der Waals surface area contributed by atoms with E-state index in [2.05, 4.69) is 20.8 Å². The number of carboxylic acids is 1. The standard InChI is InChI=1S/C24H40O3/c1-15(7-12-22(26)27)18-10-11-19-17-9-8-16-6-4-5-13-23(16,2)20(17)14-21(25)24(18,19)3/h15-21,25H,4-14H2,1-3H3,(H,26,27)/t15-,16-,17+,18+,19-,20-,21-,23-,24+/m0/s1. The molecule has 0 aliphatic heterocycles. The van der Waals surface area contributed by atoms with Gasteiger partial charge in [0.25, 0.3) is 0 Å². The van der Waals surface area contributed by atoms with Crippen LogP contribution in [-0.2, 0) is 4.79 Å². The molecule has 0 unspecified atom stereocenters. The number of carboxylic acid groups (broad SMARTS) is 1. The summed E-state index contributed by atoms with van der Waals surface area (Å²) in [4.78, 5) is 11.1. The van der Waals surface area contributed by atoms with Crippen molar-refractivity contribution in [3.05, 3.63) is 0 Å². The van der Waals surface area contributed by atoms with Gasteiger partial charge in [-0.1, -0.05) is 33.6 Å². The lowest BCUT2D eigenvalue weighted by atomic mass is 9.44. The Balaban J connectivity index is 1.57. The van der Waals surface area contributed by atoms with Crippen molar-refractivity contribution in [2.24, 2.45) is 46.3 Å². The molecule has 2 N–H and O–H groups in total. The average molecular weight is 377 g/mol. The number of aliphatic carboxylic acids is 1. The summed E-state index contributed by atoms with van der Waals surface area (Å²) in [5, 5.41) is 20.6. The Kier molecular flexibility index (Phi) is 5.15. The third-order valence-corrected chi connectivity index (χ3v) is 10.3. The Morgan fingerprint density at radius 3 is 2.59 bits per heavy atom. The molecule has 0 saturated heterocycles. The topological polar surface area (TPSA) is 57.5 Å². The lowest BCUT2D eigenvalue weighted by Crippen LogP contribution is -2.58. The molecule has 3 heteroatoms. The normalized spacial score (nSPS) is 50.4. The first-order valence-electron chi connectivity index (χ1n) is 11.7. The fourth-order valence-corrected chi connectivity index (χ4v) is 8.77. The zero-order valence-corrected chi connectivity index (χ0v) is 17.6. The summed E-state index contributed by atoms with van der Waals surface area (Å²) in [6.45, 7) is 7.16. The first-order valence-corrected chi connectivity index (χ1v) is 11.7. The molecule has 4 saturated carbocycles. The first-order chi connectivity index (χ1) is 12.8. The number of rotatable bonds is 4. The molecule has 154 valence electrons. The van der Waals surface area contributed by atoms with Gasteiger partial charge in [0, 0.05) is 6.42 Å². The monoisotopic (exact) mass is 376 g/mol. The van der Waals surface area contributed by atoms with Crippen LogP contribution in [-0.4, -0.2) is 22.3 Å². The molecule has 0 amide bonds. The van der Waals surface area contributed by atoms with Gasteiger partial charge in [-0.05, 0) is 97.7 Å². The minimum Gasteiger partial charge on any atom is -0.481 e. The highest BCUT2D eigenvalue weighted by molar-refractivity contribution is 5.66. The molecule has 27 heavy (non-hydrogen) atoms. The van der Waals surface area contributed by atoms with Crippen LogP contribution in [0.3, 0.4) is 0 Å². The molecule has 0 spiro atoms. The van der Waals surface area contributed by atoms with Crippen molar-refractivity contribution in [1.29, 1.82) is 0 Å². The van der Waals surface area contributed by atoms with E-state index in [9.17, 15) is 9.90 Å². The quantitative estimate of drug-likeness (QED) is 0.680. The minimum absolute atomic E-state index is 0.00303. The van der Waals surface area contributed by atoms with Gasteiger partial charge in [0.2, 0.25) is 0 Å². The van der Waals surface area contributed by atoms with Crippen LogP contribution in [0.15, 0.2) is 0 Å². The van der Waals surface area contributed by atoms with Crippen molar-refractivity contribution in [1.82, 2.24) is 0 Å². The van der Waals surface area contributed by atoms with Crippen molar-refractivity contribution in [2.75, 3.05) is 0 Å². The Labute approximate surface area is 165 Å². The van der Waals surface area contributed by atoms with Gasteiger partial charge in [-0.15, -0.1) is 0 Å². The smallest absolute Gasteiger partial charge is 0.303 e. The second-order valence-electron chi connectivity index (χ2n) is 11.1. The lowest BCUT2D eigenvalue weighted by Gasteiger charge is -2.62. The molecule has 0 aromatic carbocycles. The number of aliphatic hydroxyl groups excluding tert-OH is 1. The third-order valence-electron chi connectivity index (χ3n) is 10.3. The van der Waals surface area contributed by atoms with Crippen LogP contribution in [0.4, 0.5) is 0 Å². The zero-order valence-electron chi connectivity index (χ0n) is 17.6. The van der Waals surface area contributed by atoms with Gasteiger partial charge in [0.05, 0.1) is 6.10 Å². The number of carbonyl (C=O) groups is 1. The summed E-state index contributed by atoms with van der Waals surface area (Å²) in [5.41, 5.74) is 0.452. The SMILES string of the molecule is C[C@@H](CCC(=O)O)[C@H]1CC[C@H]2[C@H]3CC[C@@H]4CCCC[C@]4(C)[C@H]3C[C@H](O)[C@]12C. The first kappa shape index (κ1) is 19.7.